The van der Waals surface area contributed by atoms with E-state index >= 15 is 0 Å². The fourth-order valence-electron chi connectivity index (χ4n) is 9.39. The Labute approximate surface area is 463 Å². The van der Waals surface area contributed by atoms with Crippen LogP contribution in [-0.4, -0.2) is 199 Å². The first-order chi connectivity index (χ1) is 36.3. The highest BCUT2D eigenvalue weighted by Crippen LogP contribution is 2.35. The number of sulfonamides is 1. The number of amides is 6. The maximum absolute atomic E-state index is 14.0. The fourth-order valence-corrected chi connectivity index (χ4v) is 10.6. The standard InChI is InChI=1S/C53H85N7O18S/c1-49(2,3)27-36(61)55-23-25-79(70,71)58-35-26-34(57-47(67)77-51(7,8)9)39(37(62)40(35)75-45-38(63)41(53(13,69)29-72-45)59(14)48(68)78-52(10,11)12)74-44-33(56-46(66)76-50(4,5)6)21-20-30(73-44)28-54-22-17-24-60-42(64)31-18-15-16-19-32(31)43(60)65/h15-16,18-20,33-35,37-41,44-45,54,58,62-63,69H,17,21-29H2,1-14H3,(H,55,61)(H,56,66)(H,57,67)/t33-,34+,35-,37+,38-,39-,40+,41-,44-,45-,53+/m1/s1. The number of carbonyl (C=O) groups excluding carboxylic acids is 6. The van der Waals surface area contributed by atoms with E-state index in [1.165, 1.54) is 18.9 Å². The Balaban J connectivity index is 1.47. The summed E-state index contributed by atoms with van der Waals surface area (Å²) in [5.41, 5.74) is -4.57. The number of nitrogens with zero attached hydrogens (tertiary/aromatic N) is 2. The predicted molar refractivity (Wildman–Crippen MR) is 286 cm³/mol. The van der Waals surface area contributed by atoms with E-state index in [-0.39, 0.29) is 50.2 Å². The number of aliphatic hydroxyl groups excluding tert-OH is 2. The highest BCUT2D eigenvalue weighted by atomic mass is 32.2. The van der Waals surface area contributed by atoms with Gasteiger partial charge in [0.15, 0.2) is 6.29 Å². The molecule has 1 aromatic carbocycles. The largest absolute Gasteiger partial charge is 0.466 e. The summed E-state index contributed by atoms with van der Waals surface area (Å²) < 4.78 is 72.6. The number of hydrogen-bond donors (Lipinski definition) is 8. The highest BCUT2D eigenvalue weighted by Gasteiger charge is 2.55. The van der Waals surface area contributed by atoms with Crippen molar-refractivity contribution in [3.05, 3.63) is 47.2 Å². The minimum atomic E-state index is -4.40. The molecule has 11 atom stereocenters. The topological polar surface area (TPSA) is 328 Å². The number of fused-ring (bicyclic) bond motifs is 1. The number of alkyl carbamates (subject to hydrolysis) is 2. The van der Waals surface area contributed by atoms with Gasteiger partial charge in [0.05, 0.1) is 54.2 Å². The van der Waals surface area contributed by atoms with Crippen molar-refractivity contribution in [3.63, 3.8) is 0 Å². The van der Waals surface area contributed by atoms with E-state index in [1.807, 2.05) is 20.8 Å². The van der Waals surface area contributed by atoms with Crippen molar-refractivity contribution >= 4 is 46.0 Å². The molecule has 6 amide bonds. The van der Waals surface area contributed by atoms with Gasteiger partial charge in [-0.1, -0.05) is 32.9 Å². The zero-order valence-electron chi connectivity index (χ0n) is 48.0. The normalized spacial score (nSPS) is 27.7. The molecule has 3 aliphatic heterocycles. The monoisotopic (exact) mass is 1140 g/mol. The smallest absolute Gasteiger partial charge is 0.410 e. The quantitative estimate of drug-likeness (QED) is 0.0561. The number of rotatable bonds is 19. The molecule has 0 aromatic heterocycles. The Hall–Kier alpha value is -5.19. The number of nitrogens with one attached hydrogen (secondary N) is 5. The first kappa shape index (κ1) is 64.6. The van der Waals surface area contributed by atoms with Crippen LogP contribution in [0, 0.1) is 5.41 Å². The summed E-state index contributed by atoms with van der Waals surface area (Å²) in [6.07, 6.45) is -11.3. The molecule has 0 radical (unpaired) electrons. The maximum Gasteiger partial charge on any atom is 0.410 e. The zero-order valence-corrected chi connectivity index (χ0v) is 48.8. The first-order valence-electron chi connectivity index (χ1n) is 26.6. The van der Waals surface area contributed by atoms with Crippen LogP contribution in [0.4, 0.5) is 14.4 Å². The Bertz CT molecular complexity index is 2450. The average Bonchev–Trinajstić information content (AvgIpc) is 3.53. The van der Waals surface area contributed by atoms with Crippen LogP contribution >= 0.6 is 0 Å². The van der Waals surface area contributed by atoms with Crippen LogP contribution in [0.1, 0.15) is 136 Å². The summed E-state index contributed by atoms with van der Waals surface area (Å²) in [6, 6.07) is 1.28. The molecule has 0 unspecified atom stereocenters. The maximum atomic E-state index is 14.0. The second-order valence-electron chi connectivity index (χ2n) is 24.9. The Morgan fingerprint density at radius 1 is 0.785 bits per heavy atom. The van der Waals surface area contributed by atoms with Gasteiger partial charge in [-0.2, -0.15) is 0 Å². The molecule has 8 N–H and O–H groups in total. The number of ether oxygens (including phenoxy) is 7. The molecule has 1 saturated carbocycles. The lowest BCUT2D eigenvalue weighted by atomic mass is 9.83. The van der Waals surface area contributed by atoms with Crippen molar-refractivity contribution in [1.29, 1.82) is 0 Å². The third-order valence-corrected chi connectivity index (χ3v) is 14.1. The molecule has 1 aromatic rings. The fraction of sp³-hybridized carbons (Fsp3) is 0.736. The Kier molecular flexibility index (Phi) is 21.0. The molecular weight excluding hydrogens is 1050 g/mol. The number of imide groups is 1. The van der Waals surface area contributed by atoms with Gasteiger partial charge in [0.1, 0.15) is 52.6 Å². The first-order valence-corrected chi connectivity index (χ1v) is 28.2. The third-order valence-electron chi connectivity index (χ3n) is 12.7. The molecular formula is C53H85N7O18S. The average molecular weight is 1140 g/mol. The Morgan fingerprint density at radius 2 is 1.33 bits per heavy atom. The van der Waals surface area contributed by atoms with E-state index in [0.29, 0.717) is 29.9 Å². The molecule has 446 valence electrons. The molecule has 1 saturated heterocycles. The zero-order chi connectivity index (χ0) is 59.2. The summed E-state index contributed by atoms with van der Waals surface area (Å²) in [5.74, 6) is -1.48. The molecule has 4 aliphatic rings. The van der Waals surface area contributed by atoms with Crippen molar-refractivity contribution in [2.75, 3.05) is 45.6 Å². The molecule has 3 heterocycles. The van der Waals surface area contributed by atoms with Crippen LogP contribution in [0.2, 0.25) is 0 Å². The minimum absolute atomic E-state index is 0.0756. The van der Waals surface area contributed by atoms with Gasteiger partial charge in [0.25, 0.3) is 11.8 Å². The van der Waals surface area contributed by atoms with Gasteiger partial charge in [-0.25, -0.2) is 27.5 Å². The van der Waals surface area contributed by atoms with Gasteiger partial charge in [-0.05, 0) is 119 Å². The van der Waals surface area contributed by atoms with Crippen LogP contribution in [-0.2, 0) is 48.0 Å². The van der Waals surface area contributed by atoms with Crippen LogP contribution < -0.4 is 26.0 Å². The summed E-state index contributed by atoms with van der Waals surface area (Å²) in [7, 11) is -3.10. The summed E-state index contributed by atoms with van der Waals surface area (Å²) in [5, 5.41) is 47.5. The van der Waals surface area contributed by atoms with E-state index in [2.05, 4.69) is 26.0 Å². The molecule has 2 fully saturated rings. The van der Waals surface area contributed by atoms with Crippen molar-refractivity contribution < 1.29 is 85.7 Å². The number of benzene rings is 1. The SMILES string of the molecule is CN(C(=O)OC(C)(C)C)[C@@H]1[C@@H](O)[C@@H](O[C@@H]2[C@@H](O)[C@H](O[C@H]3OC(CNCCCN4C(=O)c5ccccc5C4=O)=CC[C@H]3NC(=O)OC(C)(C)C)[C@@H](NC(=O)OC(C)(C)C)C[C@H]2NS(=O)(=O)CCNC(=O)CC(C)(C)C)OC[C@]1(C)O. The lowest BCUT2D eigenvalue weighted by Gasteiger charge is -2.50. The van der Waals surface area contributed by atoms with Gasteiger partial charge in [0.2, 0.25) is 22.2 Å². The van der Waals surface area contributed by atoms with Crippen LogP contribution in [0.15, 0.2) is 36.1 Å². The molecule has 79 heavy (non-hydrogen) atoms. The molecule has 26 heteroatoms. The van der Waals surface area contributed by atoms with Crippen molar-refractivity contribution in [3.8, 4) is 0 Å². The molecule has 0 bridgehead atoms. The van der Waals surface area contributed by atoms with Crippen molar-refractivity contribution in [2.24, 2.45) is 5.41 Å². The predicted octanol–water partition coefficient (Wildman–Crippen LogP) is 2.76. The second-order valence-corrected chi connectivity index (χ2v) is 26.7. The van der Waals surface area contributed by atoms with E-state index in [4.69, 9.17) is 33.2 Å². The van der Waals surface area contributed by atoms with Gasteiger partial charge in [-0.3, -0.25) is 19.3 Å². The molecule has 25 nitrogen and oxygen atoms in total. The lowest BCUT2D eigenvalue weighted by Crippen LogP contribution is -2.70. The minimum Gasteiger partial charge on any atom is -0.466 e. The van der Waals surface area contributed by atoms with Crippen molar-refractivity contribution in [1.82, 2.24) is 35.8 Å². The number of likely N-dealkylation sites (N-methyl/N-ethyl adjacent to an activating group) is 1. The van der Waals surface area contributed by atoms with Crippen LogP contribution in [0.5, 0.6) is 0 Å². The highest BCUT2D eigenvalue weighted by molar-refractivity contribution is 7.89. The lowest BCUT2D eigenvalue weighted by molar-refractivity contribution is -0.311. The molecule has 0 spiro atoms. The third kappa shape index (κ3) is 18.9. The number of carbonyl (C=O) groups is 6. The molecule has 5 rings (SSSR count). The second kappa shape index (κ2) is 25.7. The summed E-state index contributed by atoms with van der Waals surface area (Å²) in [6.45, 7) is 21.3. The van der Waals surface area contributed by atoms with Crippen LogP contribution in [0.3, 0.4) is 0 Å². The van der Waals surface area contributed by atoms with Gasteiger partial charge < -0.3 is 74.6 Å². The summed E-state index contributed by atoms with van der Waals surface area (Å²) in [4.78, 5) is 81.2. The van der Waals surface area contributed by atoms with Gasteiger partial charge in [0, 0.05) is 26.6 Å². The Morgan fingerprint density at radius 3 is 1.89 bits per heavy atom. The van der Waals surface area contributed by atoms with Crippen LogP contribution in [0.25, 0.3) is 0 Å². The van der Waals surface area contributed by atoms with E-state index in [9.17, 15) is 52.5 Å². The van der Waals surface area contributed by atoms with Gasteiger partial charge in [-0.15, -0.1) is 0 Å². The summed E-state index contributed by atoms with van der Waals surface area (Å²) >= 11 is 0. The number of aliphatic hydroxyl groups is 3. The molecule has 1 aliphatic carbocycles. The van der Waals surface area contributed by atoms with E-state index in [1.54, 1.807) is 92.7 Å². The van der Waals surface area contributed by atoms with Crippen molar-refractivity contribution in [2.45, 2.75) is 199 Å². The van der Waals surface area contributed by atoms with E-state index < -0.39 is 136 Å². The number of hydrogen-bond acceptors (Lipinski definition) is 19. The van der Waals surface area contributed by atoms with Gasteiger partial charge >= 0.3 is 18.3 Å². The van der Waals surface area contributed by atoms with E-state index in [0.717, 1.165) is 4.90 Å².